The van der Waals surface area contributed by atoms with Crippen molar-refractivity contribution in [3.8, 4) is 5.75 Å². The maximum absolute atomic E-state index is 11.1. The third-order valence-corrected chi connectivity index (χ3v) is 5.89. The van der Waals surface area contributed by atoms with Gasteiger partial charge in [-0.15, -0.1) is 0 Å². The zero-order valence-corrected chi connectivity index (χ0v) is 16.2. The van der Waals surface area contributed by atoms with Crippen LogP contribution in [-0.2, 0) is 14.3 Å². The lowest BCUT2D eigenvalue weighted by molar-refractivity contribution is -0.225. The van der Waals surface area contributed by atoms with E-state index in [1.807, 2.05) is 25.1 Å². The van der Waals surface area contributed by atoms with Crippen molar-refractivity contribution in [2.75, 3.05) is 13.2 Å². The average Bonchev–Trinajstić information content (AvgIpc) is 2.54. The van der Waals surface area contributed by atoms with Gasteiger partial charge in [0, 0.05) is 19.4 Å². The second kappa shape index (κ2) is 8.32. The van der Waals surface area contributed by atoms with Gasteiger partial charge in [-0.1, -0.05) is 26.0 Å². The van der Waals surface area contributed by atoms with Gasteiger partial charge in [0.05, 0.1) is 10.6 Å². The molecule has 1 aromatic carbocycles. The zero-order valence-electron chi connectivity index (χ0n) is 14.6. The Balaban J connectivity index is 2.18. The molecule has 1 aromatic rings. The quantitative estimate of drug-likeness (QED) is 0.769. The number of hydrogen-bond acceptors (Lipinski definition) is 5. The normalized spacial score (nSPS) is 30.0. The number of carbonyl (C=O) groups excluding carboxylic acids is 1. The topological polar surface area (TPSA) is 70.8 Å². The van der Waals surface area contributed by atoms with Crippen molar-refractivity contribution in [1.29, 1.82) is 0 Å². The van der Waals surface area contributed by atoms with E-state index in [1.165, 1.54) is 6.92 Å². The zero-order chi connectivity index (χ0) is 17.9. The van der Waals surface area contributed by atoms with Gasteiger partial charge in [-0.25, -0.2) is 0 Å². The van der Waals surface area contributed by atoms with E-state index in [0.29, 0.717) is 6.54 Å². The van der Waals surface area contributed by atoms with Crippen molar-refractivity contribution in [2.24, 2.45) is 23.5 Å². The van der Waals surface area contributed by atoms with Crippen LogP contribution in [0.4, 0.5) is 0 Å². The Morgan fingerprint density at radius 3 is 2.67 bits per heavy atom. The standard InChI is InChI=1S/C18H26BrNO4/c1-10-6-5-7-15(17(10)19)23-18-14(8-20)11(2)12(3)16(24-18)9-22-13(4)21/h5-7,11-12,14,16,18H,8-9,20H2,1-4H3/t11-,12+,14?,16?,18+/m0/s1. The van der Waals surface area contributed by atoms with E-state index in [0.717, 1.165) is 15.8 Å². The highest BCUT2D eigenvalue weighted by Crippen LogP contribution is 2.38. The molecule has 1 fully saturated rings. The van der Waals surface area contributed by atoms with E-state index in [4.69, 9.17) is 19.9 Å². The molecule has 0 spiro atoms. The lowest BCUT2D eigenvalue weighted by atomic mass is 9.78. The molecule has 0 amide bonds. The van der Waals surface area contributed by atoms with Crippen LogP contribution in [-0.4, -0.2) is 31.5 Å². The molecule has 2 N–H and O–H groups in total. The van der Waals surface area contributed by atoms with Gasteiger partial charge in [-0.2, -0.15) is 0 Å². The van der Waals surface area contributed by atoms with Gasteiger partial charge < -0.3 is 19.9 Å². The first-order chi connectivity index (χ1) is 11.3. The Morgan fingerprint density at radius 1 is 1.33 bits per heavy atom. The maximum Gasteiger partial charge on any atom is 0.302 e. The van der Waals surface area contributed by atoms with Gasteiger partial charge in [-0.3, -0.25) is 4.79 Å². The number of nitrogens with two attached hydrogens (primary N) is 1. The summed E-state index contributed by atoms with van der Waals surface area (Å²) in [5.74, 6) is 1.00. The number of hydrogen-bond donors (Lipinski definition) is 1. The summed E-state index contributed by atoms with van der Waals surface area (Å²) in [4.78, 5) is 11.1. The Morgan fingerprint density at radius 2 is 2.04 bits per heavy atom. The van der Waals surface area contributed by atoms with Crippen LogP contribution in [0.15, 0.2) is 22.7 Å². The van der Waals surface area contributed by atoms with Crippen molar-refractivity contribution >= 4 is 21.9 Å². The number of ether oxygens (including phenoxy) is 3. The van der Waals surface area contributed by atoms with E-state index >= 15 is 0 Å². The Hall–Kier alpha value is -1.11. The third-order valence-electron chi connectivity index (χ3n) is 4.87. The number of rotatable bonds is 5. The molecule has 5 nitrogen and oxygen atoms in total. The molecule has 1 saturated heterocycles. The first-order valence-corrected chi connectivity index (χ1v) is 9.05. The summed E-state index contributed by atoms with van der Waals surface area (Å²) in [7, 11) is 0. The molecular weight excluding hydrogens is 374 g/mol. The first kappa shape index (κ1) is 19.2. The second-order valence-corrected chi connectivity index (χ2v) is 7.26. The predicted molar refractivity (Wildman–Crippen MR) is 95.7 cm³/mol. The summed E-state index contributed by atoms with van der Waals surface area (Å²) < 4.78 is 18.3. The van der Waals surface area contributed by atoms with Crippen molar-refractivity contribution < 1.29 is 19.0 Å². The Kier molecular flexibility index (Phi) is 6.66. The Labute approximate surface area is 152 Å². The summed E-state index contributed by atoms with van der Waals surface area (Å²) in [6, 6.07) is 5.85. The predicted octanol–water partition coefficient (Wildman–Crippen LogP) is 3.27. The molecule has 0 aromatic heterocycles. The fourth-order valence-electron chi connectivity index (χ4n) is 3.04. The van der Waals surface area contributed by atoms with Crippen LogP contribution in [0, 0.1) is 24.7 Å². The number of aryl methyl sites for hydroxylation is 1. The summed E-state index contributed by atoms with van der Waals surface area (Å²) in [5, 5.41) is 0. The van der Waals surface area contributed by atoms with E-state index in [2.05, 4.69) is 29.8 Å². The van der Waals surface area contributed by atoms with Crippen LogP contribution in [0.2, 0.25) is 0 Å². The lowest BCUT2D eigenvalue weighted by Gasteiger charge is -2.44. The molecule has 0 aliphatic carbocycles. The first-order valence-electron chi connectivity index (χ1n) is 8.25. The van der Waals surface area contributed by atoms with Gasteiger partial charge in [-0.05, 0) is 46.3 Å². The number of benzene rings is 1. The van der Waals surface area contributed by atoms with Gasteiger partial charge in [0.2, 0.25) is 6.29 Å². The molecule has 0 saturated carbocycles. The summed E-state index contributed by atoms with van der Waals surface area (Å²) in [6.45, 7) is 8.35. The molecule has 1 heterocycles. The molecule has 2 rings (SSSR count). The summed E-state index contributed by atoms with van der Waals surface area (Å²) in [5.41, 5.74) is 7.07. The highest BCUT2D eigenvalue weighted by Gasteiger charge is 2.42. The fourth-order valence-corrected chi connectivity index (χ4v) is 3.40. The maximum atomic E-state index is 11.1. The number of esters is 1. The van der Waals surface area contributed by atoms with Crippen molar-refractivity contribution in [1.82, 2.24) is 0 Å². The molecule has 5 atom stereocenters. The molecule has 134 valence electrons. The monoisotopic (exact) mass is 399 g/mol. The summed E-state index contributed by atoms with van der Waals surface area (Å²) in [6.07, 6.45) is -0.680. The SMILES string of the molecule is CC(=O)OCC1O[C@@H](Oc2cccc(C)c2Br)C(CN)[C@@H](C)[C@H]1C. The van der Waals surface area contributed by atoms with Crippen LogP contribution in [0.3, 0.4) is 0 Å². The van der Waals surface area contributed by atoms with Crippen LogP contribution >= 0.6 is 15.9 Å². The van der Waals surface area contributed by atoms with Gasteiger partial charge in [0.25, 0.3) is 0 Å². The average molecular weight is 400 g/mol. The molecule has 6 heteroatoms. The minimum Gasteiger partial charge on any atom is -0.463 e. The third kappa shape index (κ3) is 4.29. The number of carbonyl (C=O) groups is 1. The van der Waals surface area contributed by atoms with Crippen molar-refractivity contribution in [3.05, 3.63) is 28.2 Å². The van der Waals surface area contributed by atoms with E-state index < -0.39 is 6.29 Å². The van der Waals surface area contributed by atoms with Crippen LogP contribution in [0.25, 0.3) is 0 Å². The van der Waals surface area contributed by atoms with Gasteiger partial charge >= 0.3 is 5.97 Å². The van der Waals surface area contributed by atoms with Crippen molar-refractivity contribution in [3.63, 3.8) is 0 Å². The highest BCUT2D eigenvalue weighted by molar-refractivity contribution is 9.10. The molecule has 0 radical (unpaired) electrons. The minimum absolute atomic E-state index is 0.0704. The van der Waals surface area contributed by atoms with E-state index in [9.17, 15) is 4.79 Å². The molecular formula is C18H26BrNO4. The van der Waals surface area contributed by atoms with E-state index in [-0.39, 0.29) is 36.4 Å². The molecule has 1 aliphatic heterocycles. The van der Waals surface area contributed by atoms with Gasteiger partial charge in [0.15, 0.2) is 0 Å². The van der Waals surface area contributed by atoms with Gasteiger partial charge in [0.1, 0.15) is 12.4 Å². The van der Waals surface area contributed by atoms with Crippen molar-refractivity contribution in [2.45, 2.75) is 40.1 Å². The highest BCUT2D eigenvalue weighted by atomic mass is 79.9. The largest absolute Gasteiger partial charge is 0.463 e. The van der Waals surface area contributed by atoms with Crippen LogP contribution in [0.1, 0.15) is 26.3 Å². The second-order valence-electron chi connectivity index (χ2n) is 6.47. The fraction of sp³-hybridized carbons (Fsp3) is 0.611. The summed E-state index contributed by atoms with van der Waals surface area (Å²) >= 11 is 3.56. The van der Waals surface area contributed by atoms with Crippen LogP contribution in [0.5, 0.6) is 5.75 Å². The minimum atomic E-state index is -0.472. The lowest BCUT2D eigenvalue weighted by Crippen LogP contribution is -2.52. The molecule has 2 unspecified atom stereocenters. The smallest absolute Gasteiger partial charge is 0.302 e. The molecule has 0 bridgehead atoms. The van der Waals surface area contributed by atoms with E-state index in [1.54, 1.807) is 0 Å². The number of halogens is 1. The van der Waals surface area contributed by atoms with Crippen LogP contribution < -0.4 is 10.5 Å². The molecule has 1 aliphatic rings. The molecule has 24 heavy (non-hydrogen) atoms. The Bertz CT molecular complexity index is 580.